The van der Waals surface area contributed by atoms with Crippen molar-refractivity contribution in [2.24, 2.45) is 7.05 Å². The van der Waals surface area contributed by atoms with Gasteiger partial charge in [-0.2, -0.15) is 10.2 Å². The van der Waals surface area contributed by atoms with E-state index in [2.05, 4.69) is 15.5 Å². The van der Waals surface area contributed by atoms with Crippen LogP contribution in [0.2, 0.25) is 5.02 Å². The summed E-state index contributed by atoms with van der Waals surface area (Å²) in [4.78, 5) is 12.5. The Labute approximate surface area is 169 Å². The van der Waals surface area contributed by atoms with Crippen LogP contribution in [0, 0.1) is 20.8 Å². The Morgan fingerprint density at radius 2 is 1.93 bits per heavy atom. The van der Waals surface area contributed by atoms with Gasteiger partial charge in [0.1, 0.15) is 11.4 Å². The molecule has 0 fully saturated rings. The smallest absolute Gasteiger partial charge is 0.272 e. The number of hydrogen-bond acceptors (Lipinski definition) is 4. The number of aromatic nitrogens is 4. The highest BCUT2D eigenvalue weighted by Crippen LogP contribution is 2.26. The van der Waals surface area contributed by atoms with Crippen LogP contribution in [0.3, 0.4) is 0 Å². The molecular weight excluding hydrogens is 378 g/mol. The summed E-state index contributed by atoms with van der Waals surface area (Å²) in [7, 11) is 1.86. The molecular formula is C20H24ClN5O2. The van der Waals surface area contributed by atoms with Crippen molar-refractivity contribution in [3.8, 4) is 5.75 Å². The SMILES string of the molecule is Cc1cc(OCn2ccc(C(=O)N[C@@H](C)c3cn(C)nc3C)n2)cc(C)c1Cl. The minimum atomic E-state index is -0.243. The zero-order valence-electron chi connectivity index (χ0n) is 16.7. The topological polar surface area (TPSA) is 74.0 Å². The largest absolute Gasteiger partial charge is 0.471 e. The molecule has 0 aliphatic carbocycles. The van der Waals surface area contributed by atoms with Crippen molar-refractivity contribution < 1.29 is 9.53 Å². The molecule has 0 unspecified atom stereocenters. The van der Waals surface area contributed by atoms with E-state index in [1.54, 1.807) is 21.6 Å². The normalized spacial score (nSPS) is 12.1. The van der Waals surface area contributed by atoms with Crippen LogP contribution in [0.15, 0.2) is 30.6 Å². The summed E-state index contributed by atoms with van der Waals surface area (Å²) in [6.07, 6.45) is 3.62. The third-order valence-corrected chi connectivity index (χ3v) is 5.11. The average molecular weight is 402 g/mol. The Morgan fingerprint density at radius 3 is 2.54 bits per heavy atom. The maximum atomic E-state index is 12.5. The lowest BCUT2D eigenvalue weighted by Crippen LogP contribution is -2.27. The molecule has 3 rings (SSSR count). The molecule has 1 N–H and O–H groups in total. The maximum Gasteiger partial charge on any atom is 0.272 e. The molecule has 28 heavy (non-hydrogen) atoms. The number of hydrogen-bond donors (Lipinski definition) is 1. The van der Waals surface area contributed by atoms with Crippen LogP contribution in [0.4, 0.5) is 0 Å². The second-order valence-electron chi connectivity index (χ2n) is 6.92. The van der Waals surface area contributed by atoms with Gasteiger partial charge in [-0.1, -0.05) is 11.6 Å². The first-order valence-electron chi connectivity index (χ1n) is 8.98. The monoisotopic (exact) mass is 401 g/mol. The molecule has 1 atom stereocenters. The number of halogens is 1. The number of carbonyl (C=O) groups excluding carboxylic acids is 1. The van der Waals surface area contributed by atoms with Crippen molar-refractivity contribution in [3.63, 3.8) is 0 Å². The van der Waals surface area contributed by atoms with E-state index in [1.807, 2.05) is 53.1 Å². The first-order chi connectivity index (χ1) is 13.2. The third-order valence-electron chi connectivity index (χ3n) is 4.51. The summed E-state index contributed by atoms with van der Waals surface area (Å²) in [5.41, 5.74) is 4.11. The summed E-state index contributed by atoms with van der Waals surface area (Å²) in [6, 6.07) is 5.26. The molecule has 0 saturated carbocycles. The molecule has 2 heterocycles. The number of nitrogens with zero attached hydrogens (tertiary/aromatic N) is 4. The lowest BCUT2D eigenvalue weighted by molar-refractivity contribution is 0.0932. The molecule has 0 radical (unpaired) electrons. The van der Waals surface area contributed by atoms with Crippen LogP contribution in [0.25, 0.3) is 0 Å². The minimum Gasteiger partial charge on any atom is -0.471 e. The number of nitrogens with one attached hydrogen (secondary N) is 1. The predicted octanol–water partition coefficient (Wildman–Crippen LogP) is 3.72. The number of ether oxygens (including phenoxy) is 1. The lowest BCUT2D eigenvalue weighted by atomic mass is 10.1. The van der Waals surface area contributed by atoms with Crippen molar-refractivity contribution in [2.75, 3.05) is 0 Å². The molecule has 0 aliphatic heterocycles. The Balaban J connectivity index is 1.62. The molecule has 2 aromatic heterocycles. The van der Waals surface area contributed by atoms with E-state index in [-0.39, 0.29) is 18.7 Å². The number of rotatable bonds is 6. The Bertz CT molecular complexity index is 985. The van der Waals surface area contributed by atoms with Crippen LogP contribution < -0.4 is 10.1 Å². The zero-order chi connectivity index (χ0) is 20.4. The molecule has 7 nitrogen and oxygen atoms in total. The van der Waals surface area contributed by atoms with Gasteiger partial charge in [0.15, 0.2) is 6.73 Å². The first-order valence-corrected chi connectivity index (χ1v) is 9.36. The van der Waals surface area contributed by atoms with Gasteiger partial charge in [0, 0.05) is 30.0 Å². The number of aryl methyl sites for hydroxylation is 4. The number of amides is 1. The van der Waals surface area contributed by atoms with Gasteiger partial charge in [-0.25, -0.2) is 4.68 Å². The van der Waals surface area contributed by atoms with Crippen molar-refractivity contribution >= 4 is 17.5 Å². The van der Waals surface area contributed by atoms with E-state index in [0.29, 0.717) is 11.4 Å². The molecule has 8 heteroatoms. The van der Waals surface area contributed by atoms with Crippen LogP contribution in [-0.2, 0) is 13.8 Å². The zero-order valence-corrected chi connectivity index (χ0v) is 17.4. The van der Waals surface area contributed by atoms with E-state index < -0.39 is 0 Å². The molecule has 0 aliphatic rings. The van der Waals surface area contributed by atoms with Crippen LogP contribution in [0.5, 0.6) is 5.75 Å². The highest BCUT2D eigenvalue weighted by molar-refractivity contribution is 6.32. The number of carbonyl (C=O) groups is 1. The Morgan fingerprint density at radius 1 is 1.25 bits per heavy atom. The van der Waals surface area contributed by atoms with Gasteiger partial charge in [-0.05, 0) is 57.0 Å². The summed E-state index contributed by atoms with van der Waals surface area (Å²) in [6.45, 7) is 7.91. The van der Waals surface area contributed by atoms with Crippen LogP contribution in [0.1, 0.15) is 45.8 Å². The van der Waals surface area contributed by atoms with Gasteiger partial charge < -0.3 is 10.1 Å². The van der Waals surface area contributed by atoms with Crippen molar-refractivity contribution in [1.82, 2.24) is 24.9 Å². The lowest BCUT2D eigenvalue weighted by Gasteiger charge is -2.12. The predicted molar refractivity (Wildman–Crippen MR) is 108 cm³/mol. The van der Waals surface area contributed by atoms with E-state index in [4.69, 9.17) is 16.3 Å². The summed E-state index contributed by atoms with van der Waals surface area (Å²) < 4.78 is 9.08. The van der Waals surface area contributed by atoms with E-state index >= 15 is 0 Å². The summed E-state index contributed by atoms with van der Waals surface area (Å²) in [5, 5.41) is 12.3. The highest BCUT2D eigenvalue weighted by Gasteiger charge is 2.17. The number of benzene rings is 1. The maximum absolute atomic E-state index is 12.5. The standard InChI is InChI=1S/C20H24ClN5O2/c1-12-8-16(9-13(2)19(12)21)28-11-26-7-6-18(24-26)20(27)22-14(3)17-10-25(5)23-15(17)4/h6-10,14H,11H2,1-5H3,(H,22,27)/t14-/m0/s1. The van der Waals surface area contributed by atoms with Crippen molar-refractivity contribution in [3.05, 3.63) is 63.7 Å². The quantitative estimate of drug-likeness (QED) is 0.683. The molecule has 0 saturated heterocycles. The molecule has 0 bridgehead atoms. The van der Waals surface area contributed by atoms with E-state index in [1.165, 1.54) is 0 Å². The fourth-order valence-corrected chi connectivity index (χ4v) is 3.19. The van der Waals surface area contributed by atoms with Gasteiger partial charge in [-0.3, -0.25) is 9.48 Å². The van der Waals surface area contributed by atoms with E-state index in [9.17, 15) is 4.79 Å². The van der Waals surface area contributed by atoms with Gasteiger partial charge in [-0.15, -0.1) is 0 Å². The van der Waals surface area contributed by atoms with Crippen LogP contribution >= 0.6 is 11.6 Å². The van der Waals surface area contributed by atoms with Gasteiger partial charge >= 0.3 is 0 Å². The highest BCUT2D eigenvalue weighted by atomic mass is 35.5. The molecule has 1 aromatic carbocycles. The van der Waals surface area contributed by atoms with E-state index in [0.717, 1.165) is 27.4 Å². The fourth-order valence-electron chi connectivity index (χ4n) is 3.08. The first kappa shape index (κ1) is 19.9. The Hall–Kier alpha value is -2.80. The molecule has 148 valence electrons. The fraction of sp³-hybridized carbons (Fsp3) is 0.350. The second-order valence-corrected chi connectivity index (χ2v) is 7.30. The molecule has 3 aromatic rings. The second kappa shape index (κ2) is 8.06. The van der Waals surface area contributed by atoms with Gasteiger partial charge in [0.2, 0.25) is 0 Å². The summed E-state index contributed by atoms with van der Waals surface area (Å²) >= 11 is 6.18. The van der Waals surface area contributed by atoms with Crippen LogP contribution in [-0.4, -0.2) is 25.5 Å². The minimum absolute atomic E-state index is 0.164. The summed E-state index contributed by atoms with van der Waals surface area (Å²) in [5.74, 6) is 0.467. The van der Waals surface area contributed by atoms with Gasteiger partial charge in [0.05, 0.1) is 11.7 Å². The van der Waals surface area contributed by atoms with Gasteiger partial charge in [0.25, 0.3) is 5.91 Å². The molecule has 0 spiro atoms. The molecule has 1 amide bonds. The third kappa shape index (κ3) is 4.36. The Kier molecular flexibility index (Phi) is 5.74. The van der Waals surface area contributed by atoms with Crippen molar-refractivity contribution in [1.29, 1.82) is 0 Å². The van der Waals surface area contributed by atoms with Crippen molar-refractivity contribution in [2.45, 2.75) is 40.5 Å². The average Bonchev–Trinajstić information content (AvgIpc) is 3.23.